The fourth-order valence-corrected chi connectivity index (χ4v) is 7.21. The molecular formula is C46H54Cl2N12O. The summed E-state index contributed by atoms with van der Waals surface area (Å²) in [4.78, 5) is 17.7. The summed E-state index contributed by atoms with van der Waals surface area (Å²) in [5.74, 6) is 0.898. The number of nitrogens with two attached hydrogens (primary N) is 3. The lowest BCUT2D eigenvalue weighted by Gasteiger charge is -2.24. The van der Waals surface area contributed by atoms with Crippen molar-refractivity contribution in [2.75, 3.05) is 23.4 Å². The number of ether oxygens (including phenoxy) is 1. The topological polar surface area (TPSA) is 197 Å². The Balaban J connectivity index is 0.000000185. The van der Waals surface area contributed by atoms with E-state index in [1.165, 1.54) is 0 Å². The van der Waals surface area contributed by atoms with E-state index in [9.17, 15) is 0 Å². The molecule has 6 aromatic heterocycles. The summed E-state index contributed by atoms with van der Waals surface area (Å²) >= 11 is 6.24. The number of H-pyrrole nitrogens is 1. The first-order valence-corrected chi connectivity index (χ1v) is 20.0. The number of nitrogens with zero attached hydrogens (tertiary/aromatic N) is 7. The molecule has 0 amide bonds. The molecule has 0 bridgehead atoms. The van der Waals surface area contributed by atoms with Crippen LogP contribution in [0.3, 0.4) is 0 Å². The Labute approximate surface area is 367 Å². The maximum Gasteiger partial charge on any atom is 0.150 e. The Morgan fingerprint density at radius 2 is 1.43 bits per heavy atom. The molecule has 0 aliphatic carbocycles. The molecule has 1 aliphatic rings. The van der Waals surface area contributed by atoms with Crippen LogP contribution >= 0.6 is 24.0 Å². The first kappa shape index (κ1) is 46.0. The highest BCUT2D eigenvalue weighted by molar-refractivity contribution is 6.35. The Morgan fingerprint density at radius 1 is 0.770 bits per heavy atom. The van der Waals surface area contributed by atoms with Crippen LogP contribution in [0, 0.1) is 13.8 Å². The molecule has 1 aliphatic heterocycles. The van der Waals surface area contributed by atoms with Gasteiger partial charge in [0.2, 0.25) is 0 Å². The van der Waals surface area contributed by atoms with Gasteiger partial charge in [0.05, 0.1) is 44.9 Å². The second-order valence-electron chi connectivity index (χ2n) is 14.6. The van der Waals surface area contributed by atoms with Gasteiger partial charge in [-0.2, -0.15) is 10.2 Å². The number of fused-ring (bicyclic) bond motifs is 2. The molecule has 0 saturated carbocycles. The Morgan fingerprint density at radius 3 is 2.08 bits per heavy atom. The number of nitrogen functional groups attached to an aromatic ring is 2. The molecule has 8 N–H and O–H groups in total. The van der Waals surface area contributed by atoms with Gasteiger partial charge in [-0.1, -0.05) is 55.4 Å². The third kappa shape index (κ3) is 11.4. The van der Waals surface area contributed by atoms with Crippen LogP contribution in [0.15, 0.2) is 109 Å². The van der Waals surface area contributed by atoms with E-state index in [0.717, 1.165) is 98.7 Å². The molecule has 13 nitrogen and oxygen atoms in total. The van der Waals surface area contributed by atoms with Crippen molar-refractivity contribution in [3.8, 4) is 22.5 Å². The van der Waals surface area contributed by atoms with E-state index >= 15 is 0 Å². The van der Waals surface area contributed by atoms with E-state index in [0.29, 0.717) is 16.7 Å². The zero-order valence-corrected chi connectivity index (χ0v) is 35.6. The standard InChI is InChI=1S/C20H20N6.C17H17ClN4O.C8H12N2.CH4.ClH/c1-12-4-3-5-16(23-12)13(2)24-19-11-20(21)25-18-10-14(6-7-15(18)19)17-8-9-22-26-17;18-13-10-16(19)21-14-9-11(4-5-12(13)14)15-6-7-20-22(15)17-3-1-2-8-23-17;1-6-4-3-5-8(10-6)7(2)9;;/h3-11,13H,1-2H3,(H,22,26)(H3,21,24,25);4-7,9-10,17H,1-3,8H2,(H2,19,21);3-5,7H,9H2,1-2H3;1H4;1H. The predicted octanol–water partition coefficient (Wildman–Crippen LogP) is 10.6. The minimum absolute atomic E-state index is 0. The third-order valence-corrected chi connectivity index (χ3v) is 10.2. The van der Waals surface area contributed by atoms with Gasteiger partial charge in [-0.15, -0.1) is 12.4 Å². The lowest BCUT2D eigenvalue weighted by Crippen LogP contribution is -2.19. The molecule has 9 rings (SSSR count). The summed E-state index contributed by atoms with van der Waals surface area (Å²) in [5, 5.41) is 17.5. The molecule has 3 unspecified atom stereocenters. The summed E-state index contributed by atoms with van der Waals surface area (Å²) in [6, 6.07) is 31.6. The maximum atomic E-state index is 6.24. The summed E-state index contributed by atoms with van der Waals surface area (Å²) in [6.07, 6.45) is 6.80. The minimum atomic E-state index is 0. The van der Waals surface area contributed by atoms with Gasteiger partial charge >= 0.3 is 0 Å². The predicted molar refractivity (Wildman–Crippen MR) is 252 cm³/mol. The highest BCUT2D eigenvalue weighted by Crippen LogP contribution is 2.33. The number of halogens is 2. The zero-order chi connectivity index (χ0) is 41.5. The molecule has 15 heteroatoms. The van der Waals surface area contributed by atoms with E-state index < -0.39 is 0 Å². The molecule has 61 heavy (non-hydrogen) atoms. The summed E-state index contributed by atoms with van der Waals surface area (Å²) in [7, 11) is 0. The number of benzene rings is 2. The van der Waals surface area contributed by atoms with Gasteiger partial charge in [0.15, 0.2) is 6.23 Å². The first-order valence-electron chi connectivity index (χ1n) is 19.6. The second kappa shape index (κ2) is 20.9. The van der Waals surface area contributed by atoms with Gasteiger partial charge in [-0.3, -0.25) is 15.1 Å². The summed E-state index contributed by atoms with van der Waals surface area (Å²) < 4.78 is 7.81. The molecule has 0 radical (unpaired) electrons. The quantitative estimate of drug-likeness (QED) is 0.102. The summed E-state index contributed by atoms with van der Waals surface area (Å²) in [6.45, 7) is 8.76. The zero-order valence-electron chi connectivity index (χ0n) is 34.0. The highest BCUT2D eigenvalue weighted by atomic mass is 35.5. The highest BCUT2D eigenvalue weighted by Gasteiger charge is 2.20. The Bertz CT molecular complexity index is 2660. The van der Waals surface area contributed by atoms with Crippen LogP contribution < -0.4 is 22.5 Å². The van der Waals surface area contributed by atoms with Crippen molar-refractivity contribution in [3.05, 3.63) is 137 Å². The van der Waals surface area contributed by atoms with Crippen molar-refractivity contribution in [2.45, 2.75) is 72.7 Å². The van der Waals surface area contributed by atoms with Crippen molar-refractivity contribution in [3.63, 3.8) is 0 Å². The van der Waals surface area contributed by atoms with Crippen LogP contribution in [0.4, 0.5) is 17.3 Å². The van der Waals surface area contributed by atoms with Gasteiger partial charge in [0.25, 0.3) is 0 Å². The molecule has 1 saturated heterocycles. The van der Waals surface area contributed by atoms with Crippen molar-refractivity contribution in [1.82, 2.24) is 39.9 Å². The number of aromatic amines is 1. The molecule has 3 atom stereocenters. The molecular weight excluding hydrogens is 807 g/mol. The molecule has 7 heterocycles. The van der Waals surface area contributed by atoms with Crippen LogP contribution in [0.1, 0.15) is 81.6 Å². The lowest BCUT2D eigenvalue weighted by molar-refractivity contribution is -0.0383. The van der Waals surface area contributed by atoms with Crippen LogP contribution in [0.2, 0.25) is 5.02 Å². The number of aromatic nitrogens is 8. The first-order chi connectivity index (χ1) is 28.5. The molecule has 2 aromatic carbocycles. The molecule has 0 spiro atoms. The minimum Gasteiger partial charge on any atom is -0.384 e. The molecule has 8 aromatic rings. The van der Waals surface area contributed by atoms with Crippen molar-refractivity contribution in [2.24, 2.45) is 5.73 Å². The van der Waals surface area contributed by atoms with E-state index in [1.54, 1.807) is 18.5 Å². The number of hydrogen-bond acceptors (Lipinski definition) is 11. The molecule has 1 fully saturated rings. The number of hydrogen-bond donors (Lipinski definition) is 5. The van der Waals surface area contributed by atoms with Gasteiger partial charge in [0.1, 0.15) is 11.6 Å². The fourth-order valence-electron chi connectivity index (χ4n) is 6.94. The van der Waals surface area contributed by atoms with Crippen molar-refractivity contribution in [1.29, 1.82) is 0 Å². The largest absolute Gasteiger partial charge is 0.384 e. The number of aryl methyl sites for hydroxylation is 2. The van der Waals surface area contributed by atoms with Gasteiger partial charge in [0, 0.05) is 70.1 Å². The number of anilines is 3. The number of rotatable bonds is 7. The number of pyridine rings is 4. The Hall–Kier alpha value is -6.12. The molecule has 318 valence electrons. The van der Waals surface area contributed by atoms with Crippen LogP contribution in [0.5, 0.6) is 0 Å². The monoisotopic (exact) mass is 860 g/mol. The van der Waals surface area contributed by atoms with Crippen LogP contribution in [0.25, 0.3) is 44.3 Å². The van der Waals surface area contributed by atoms with E-state index in [4.69, 9.17) is 33.5 Å². The van der Waals surface area contributed by atoms with E-state index in [-0.39, 0.29) is 38.1 Å². The number of nitrogens with one attached hydrogen (secondary N) is 2. The average Bonchev–Trinajstić information content (AvgIpc) is 3.95. The lowest BCUT2D eigenvalue weighted by atomic mass is 10.1. The van der Waals surface area contributed by atoms with Crippen molar-refractivity contribution >= 4 is 63.1 Å². The van der Waals surface area contributed by atoms with Gasteiger partial charge in [-0.05, 0) is 102 Å². The average molecular weight is 862 g/mol. The van der Waals surface area contributed by atoms with E-state index in [1.807, 2.05) is 104 Å². The third-order valence-electron chi connectivity index (χ3n) is 9.92. The smallest absolute Gasteiger partial charge is 0.150 e. The van der Waals surface area contributed by atoms with Gasteiger partial charge < -0.3 is 27.3 Å². The second-order valence-corrected chi connectivity index (χ2v) is 15.0. The van der Waals surface area contributed by atoms with Crippen LogP contribution in [-0.4, -0.2) is 46.5 Å². The van der Waals surface area contributed by atoms with Gasteiger partial charge in [-0.25, -0.2) is 14.6 Å². The SMILES string of the molecule is C.Cc1cccc(C(C)N)n1.Cc1cccc(C(C)Nc2cc(N)nc3cc(-c4ccn[nH]4)ccc23)n1.Cl.Nc1cc(Cl)c2ccc(-c3ccnn3C3CCCCO3)cc2n1. The summed E-state index contributed by atoms with van der Waals surface area (Å²) in [5.41, 5.74) is 28.0. The van der Waals surface area contributed by atoms with Crippen LogP contribution in [-0.2, 0) is 4.74 Å². The van der Waals surface area contributed by atoms with E-state index in [2.05, 4.69) is 59.6 Å². The fraction of sp³-hybridized carbons (Fsp3) is 0.261. The normalized spacial score (nSPS) is 14.3. The maximum absolute atomic E-state index is 6.24. The van der Waals surface area contributed by atoms with Crippen molar-refractivity contribution < 1.29 is 4.74 Å². The Kier molecular flexibility index (Phi) is 15.8.